The van der Waals surface area contributed by atoms with Crippen LogP contribution in [0, 0.1) is 0 Å². The van der Waals surface area contributed by atoms with Crippen LogP contribution in [0.25, 0.3) is 21.9 Å². The van der Waals surface area contributed by atoms with E-state index >= 15 is 0 Å². The van der Waals surface area contributed by atoms with E-state index in [4.69, 9.17) is 4.74 Å². The van der Waals surface area contributed by atoms with E-state index in [9.17, 15) is 18.0 Å². The van der Waals surface area contributed by atoms with Crippen molar-refractivity contribution in [3.63, 3.8) is 0 Å². The standard InChI is InChI=1S/C26H27N3O5S/c1-26(2)15-34-25-22(13-21(14-23(25)26)29(16-30)10-9-24(31)27-3)19-6-5-18-12-20(28-35(4,32)33)8-7-17(18)11-19/h5-14,16,28H,15H2,1-4H3,(H,27,31)/b10-9-. The number of sulfonamides is 1. The molecular weight excluding hydrogens is 466 g/mol. The van der Waals surface area contributed by atoms with E-state index in [1.54, 1.807) is 12.1 Å². The maximum Gasteiger partial charge on any atom is 0.245 e. The quantitative estimate of drug-likeness (QED) is 0.385. The van der Waals surface area contributed by atoms with Crippen molar-refractivity contribution in [3.05, 3.63) is 66.4 Å². The number of nitrogens with one attached hydrogen (secondary N) is 2. The predicted molar refractivity (Wildman–Crippen MR) is 138 cm³/mol. The predicted octanol–water partition coefficient (Wildman–Crippen LogP) is 3.77. The first-order valence-electron chi connectivity index (χ1n) is 11.0. The minimum atomic E-state index is -3.37. The lowest BCUT2D eigenvalue weighted by molar-refractivity contribution is -0.116. The normalized spacial score (nSPS) is 14.4. The number of ether oxygens (including phenoxy) is 1. The second-order valence-electron chi connectivity index (χ2n) is 9.14. The molecule has 4 rings (SSSR count). The van der Waals surface area contributed by atoms with E-state index in [1.165, 1.54) is 24.2 Å². The zero-order valence-corrected chi connectivity index (χ0v) is 20.8. The molecule has 8 nitrogen and oxygen atoms in total. The zero-order chi connectivity index (χ0) is 25.4. The molecule has 0 aliphatic carbocycles. The second kappa shape index (κ2) is 9.07. The second-order valence-corrected chi connectivity index (χ2v) is 10.9. The topological polar surface area (TPSA) is 105 Å². The molecule has 1 aliphatic rings. The number of hydrogen-bond donors (Lipinski definition) is 2. The summed E-state index contributed by atoms with van der Waals surface area (Å²) in [7, 11) is -1.85. The lowest BCUT2D eigenvalue weighted by Gasteiger charge is -2.20. The van der Waals surface area contributed by atoms with Gasteiger partial charge in [0.05, 0.1) is 12.9 Å². The summed E-state index contributed by atoms with van der Waals surface area (Å²) in [5.74, 6) is 0.441. The highest BCUT2D eigenvalue weighted by molar-refractivity contribution is 7.92. The van der Waals surface area contributed by atoms with Crippen LogP contribution in [0.3, 0.4) is 0 Å². The summed E-state index contributed by atoms with van der Waals surface area (Å²) in [5.41, 5.74) is 3.52. The Morgan fingerprint density at radius 1 is 1.09 bits per heavy atom. The molecule has 0 saturated heterocycles. The molecule has 3 aromatic carbocycles. The van der Waals surface area contributed by atoms with Crippen LogP contribution in [0.5, 0.6) is 5.75 Å². The van der Waals surface area contributed by atoms with Crippen LogP contribution in [-0.2, 0) is 25.0 Å². The van der Waals surface area contributed by atoms with Gasteiger partial charge >= 0.3 is 0 Å². The van der Waals surface area contributed by atoms with Crippen molar-refractivity contribution in [2.45, 2.75) is 19.3 Å². The Labute approximate surface area is 204 Å². The van der Waals surface area contributed by atoms with E-state index in [1.807, 2.05) is 36.4 Å². The molecule has 0 saturated carbocycles. The fraction of sp³-hybridized carbons (Fsp3) is 0.231. The average Bonchev–Trinajstić information content (AvgIpc) is 3.12. The van der Waals surface area contributed by atoms with Crippen LogP contribution in [0.4, 0.5) is 11.4 Å². The maximum atomic E-state index is 11.9. The summed E-state index contributed by atoms with van der Waals surface area (Å²) in [6.07, 6.45) is 4.49. The molecule has 0 spiro atoms. The third kappa shape index (κ3) is 5.14. The van der Waals surface area contributed by atoms with Gasteiger partial charge in [0.2, 0.25) is 22.3 Å². The van der Waals surface area contributed by atoms with Crippen molar-refractivity contribution < 1.29 is 22.7 Å². The Balaban J connectivity index is 1.82. The molecule has 1 heterocycles. The van der Waals surface area contributed by atoms with Gasteiger partial charge in [-0.05, 0) is 46.7 Å². The number of carbonyl (C=O) groups excluding carboxylic acids is 2. The lowest BCUT2D eigenvalue weighted by atomic mass is 9.84. The van der Waals surface area contributed by atoms with E-state index in [0.717, 1.165) is 39.5 Å². The van der Waals surface area contributed by atoms with E-state index < -0.39 is 10.0 Å². The Kier molecular flexibility index (Phi) is 6.29. The Hall–Kier alpha value is -3.85. The van der Waals surface area contributed by atoms with Gasteiger partial charge in [0.25, 0.3) is 0 Å². The van der Waals surface area contributed by atoms with Gasteiger partial charge in [-0.25, -0.2) is 8.42 Å². The zero-order valence-electron chi connectivity index (χ0n) is 20.0. The maximum absolute atomic E-state index is 11.9. The van der Waals surface area contributed by atoms with Gasteiger partial charge in [-0.1, -0.05) is 32.0 Å². The van der Waals surface area contributed by atoms with Crippen LogP contribution >= 0.6 is 0 Å². The van der Waals surface area contributed by atoms with Crippen molar-refractivity contribution in [3.8, 4) is 16.9 Å². The molecule has 0 atom stereocenters. The molecule has 0 radical (unpaired) electrons. The summed E-state index contributed by atoms with van der Waals surface area (Å²) in [4.78, 5) is 24.9. The smallest absolute Gasteiger partial charge is 0.245 e. The van der Waals surface area contributed by atoms with Crippen LogP contribution in [-0.4, -0.2) is 40.6 Å². The van der Waals surface area contributed by atoms with Gasteiger partial charge in [0.15, 0.2) is 0 Å². The van der Waals surface area contributed by atoms with E-state index in [-0.39, 0.29) is 11.3 Å². The first-order chi connectivity index (χ1) is 16.5. The molecule has 0 bridgehead atoms. The Morgan fingerprint density at radius 3 is 2.49 bits per heavy atom. The number of fused-ring (bicyclic) bond motifs is 2. The highest BCUT2D eigenvalue weighted by Gasteiger charge is 2.34. The molecule has 1 aliphatic heterocycles. The Morgan fingerprint density at radius 2 is 1.80 bits per heavy atom. The van der Waals surface area contributed by atoms with E-state index in [0.29, 0.717) is 24.4 Å². The highest BCUT2D eigenvalue weighted by atomic mass is 32.2. The number of likely N-dealkylation sites (N-methyl/N-ethyl adjacent to an activating group) is 1. The molecule has 2 N–H and O–H groups in total. The molecule has 9 heteroatoms. The third-order valence-electron chi connectivity index (χ3n) is 5.88. The van der Waals surface area contributed by atoms with Gasteiger partial charge in [-0.2, -0.15) is 0 Å². The SMILES string of the molecule is CNC(=O)/C=C\N(C=O)c1cc(-c2ccc3cc(NS(C)(=O)=O)ccc3c2)c2c(c1)C(C)(C)CO2. The summed E-state index contributed by atoms with van der Waals surface area (Å²) in [5, 5.41) is 4.29. The van der Waals surface area contributed by atoms with Crippen molar-refractivity contribution in [2.75, 3.05) is 29.5 Å². The first kappa shape index (κ1) is 24.3. The average molecular weight is 494 g/mol. The summed E-state index contributed by atoms with van der Waals surface area (Å²) < 4.78 is 31.7. The van der Waals surface area contributed by atoms with E-state index in [2.05, 4.69) is 23.9 Å². The van der Waals surface area contributed by atoms with Crippen molar-refractivity contribution in [1.82, 2.24) is 5.32 Å². The molecular formula is C26H27N3O5S. The number of benzene rings is 3. The highest BCUT2D eigenvalue weighted by Crippen LogP contribution is 2.47. The molecule has 0 fully saturated rings. The monoisotopic (exact) mass is 493 g/mol. The molecule has 182 valence electrons. The molecule has 3 aromatic rings. The van der Waals surface area contributed by atoms with Crippen LogP contribution in [0.2, 0.25) is 0 Å². The van der Waals surface area contributed by atoms with Crippen LogP contribution in [0.15, 0.2) is 60.8 Å². The van der Waals surface area contributed by atoms with Gasteiger partial charge in [0.1, 0.15) is 5.75 Å². The third-order valence-corrected chi connectivity index (χ3v) is 6.49. The number of hydrogen-bond acceptors (Lipinski definition) is 5. The Bertz CT molecular complexity index is 1460. The summed E-state index contributed by atoms with van der Waals surface area (Å²) in [6, 6.07) is 15.0. The van der Waals surface area contributed by atoms with Gasteiger partial charge in [-0.3, -0.25) is 19.2 Å². The number of carbonyl (C=O) groups is 2. The fourth-order valence-electron chi connectivity index (χ4n) is 4.07. The minimum Gasteiger partial charge on any atom is -0.492 e. The number of rotatable bonds is 7. The fourth-order valence-corrected chi connectivity index (χ4v) is 4.63. The summed E-state index contributed by atoms with van der Waals surface area (Å²) >= 11 is 0. The van der Waals surface area contributed by atoms with Crippen molar-refractivity contribution >= 4 is 44.5 Å². The van der Waals surface area contributed by atoms with Crippen molar-refractivity contribution in [2.24, 2.45) is 0 Å². The van der Waals surface area contributed by atoms with Gasteiger partial charge in [-0.15, -0.1) is 0 Å². The lowest BCUT2D eigenvalue weighted by Crippen LogP contribution is -2.20. The number of nitrogens with zero attached hydrogens (tertiary/aromatic N) is 1. The number of anilines is 2. The molecule has 0 aromatic heterocycles. The first-order valence-corrected chi connectivity index (χ1v) is 12.9. The largest absolute Gasteiger partial charge is 0.492 e. The molecule has 0 unspecified atom stereocenters. The van der Waals surface area contributed by atoms with Gasteiger partial charge in [0, 0.05) is 47.2 Å². The van der Waals surface area contributed by atoms with Crippen LogP contribution < -0.4 is 19.7 Å². The van der Waals surface area contributed by atoms with Crippen molar-refractivity contribution in [1.29, 1.82) is 0 Å². The number of amides is 2. The van der Waals surface area contributed by atoms with Gasteiger partial charge < -0.3 is 10.1 Å². The summed E-state index contributed by atoms with van der Waals surface area (Å²) in [6.45, 7) is 4.66. The van der Waals surface area contributed by atoms with Crippen LogP contribution in [0.1, 0.15) is 19.4 Å². The minimum absolute atomic E-state index is 0.262. The molecule has 2 amide bonds. The molecule has 35 heavy (non-hydrogen) atoms.